The Morgan fingerprint density at radius 2 is 1.39 bits per heavy atom. The van der Waals surface area contributed by atoms with E-state index in [0.29, 0.717) is 12.1 Å². The van der Waals surface area contributed by atoms with Crippen LogP contribution in [0.15, 0.2) is 24.3 Å². The van der Waals surface area contributed by atoms with Crippen molar-refractivity contribution in [1.82, 2.24) is 0 Å². The van der Waals surface area contributed by atoms with Gasteiger partial charge in [0, 0.05) is 12.1 Å². The summed E-state index contributed by atoms with van der Waals surface area (Å²) in [6.07, 6.45) is -11.1. The maximum atomic E-state index is 12.7. The Labute approximate surface area is 128 Å². The van der Waals surface area contributed by atoms with Crippen LogP contribution in [0.3, 0.4) is 0 Å². The first-order valence-electron chi connectivity index (χ1n) is 6.10. The zero-order chi connectivity index (χ0) is 18.3. The predicted molar refractivity (Wildman–Crippen MR) is 70.3 cm³/mol. The van der Waals surface area contributed by atoms with Gasteiger partial charge in [0.1, 0.15) is 0 Å². The Hall–Kier alpha value is -1.49. The first-order chi connectivity index (χ1) is 10.2. The molecule has 0 saturated heterocycles. The van der Waals surface area contributed by atoms with Gasteiger partial charge in [-0.15, -0.1) is 0 Å². The molecule has 1 aromatic carbocycles. The van der Waals surface area contributed by atoms with Crippen molar-refractivity contribution in [2.75, 3.05) is 17.1 Å². The topological polar surface area (TPSA) is 57.6 Å². The van der Waals surface area contributed by atoms with E-state index >= 15 is 0 Å². The Bertz CT molecular complexity index is 637. The van der Waals surface area contributed by atoms with Crippen molar-refractivity contribution in [2.45, 2.75) is 24.9 Å². The average molecular weight is 365 g/mol. The monoisotopic (exact) mass is 365 g/mol. The number of rotatable bonds is 4. The number of alkyl halides is 6. The summed E-state index contributed by atoms with van der Waals surface area (Å²) in [6, 6.07) is 2.32. The number of nitrogens with zero attached hydrogens (tertiary/aromatic N) is 1. The van der Waals surface area contributed by atoms with E-state index in [9.17, 15) is 39.9 Å². The van der Waals surface area contributed by atoms with E-state index in [4.69, 9.17) is 0 Å². The molecule has 0 unspecified atom stereocenters. The molecule has 0 spiro atoms. The molecule has 0 bridgehead atoms. The minimum Gasteiger partial charge on any atom is -0.369 e. The zero-order valence-corrected chi connectivity index (χ0v) is 12.7. The van der Waals surface area contributed by atoms with Gasteiger partial charge >= 0.3 is 12.4 Å². The first kappa shape index (κ1) is 19.6. The summed E-state index contributed by atoms with van der Waals surface area (Å²) in [6.45, 7) is 1.37. The van der Waals surface area contributed by atoms with Gasteiger partial charge in [0.15, 0.2) is 0 Å². The van der Waals surface area contributed by atoms with E-state index in [1.54, 1.807) is 0 Å². The SMILES string of the molecule is CCN(c1ccc(C(O)(C(F)(F)F)C(F)(F)F)cc1)S(C)(=O)=O. The maximum Gasteiger partial charge on any atom is 0.430 e. The summed E-state index contributed by atoms with van der Waals surface area (Å²) < 4.78 is 100. The molecule has 0 amide bonds. The standard InChI is InChI=1S/C12H13F6NO3S/c1-3-19(23(2,21)22)9-6-4-8(5-7-9)10(20,11(13,14)15)12(16,17)18/h4-7,20H,3H2,1-2H3. The fourth-order valence-corrected chi connectivity index (χ4v) is 2.94. The van der Waals surface area contributed by atoms with Crippen molar-refractivity contribution in [3.63, 3.8) is 0 Å². The normalized spacial score (nSPS) is 14.0. The number of anilines is 1. The van der Waals surface area contributed by atoms with Crippen molar-refractivity contribution < 1.29 is 39.9 Å². The number of sulfonamides is 1. The van der Waals surface area contributed by atoms with Gasteiger partial charge in [-0.05, 0) is 19.1 Å². The summed E-state index contributed by atoms with van der Waals surface area (Å²) in [4.78, 5) is 0. The van der Waals surface area contributed by atoms with Gasteiger partial charge in [-0.3, -0.25) is 4.31 Å². The molecule has 4 nitrogen and oxygen atoms in total. The third kappa shape index (κ3) is 3.55. The second kappa shape index (κ2) is 5.86. The van der Waals surface area contributed by atoms with Gasteiger partial charge in [-0.25, -0.2) is 8.42 Å². The van der Waals surface area contributed by atoms with Gasteiger partial charge in [-0.1, -0.05) is 12.1 Å². The van der Waals surface area contributed by atoms with Gasteiger partial charge in [0.05, 0.1) is 11.9 Å². The van der Waals surface area contributed by atoms with Crippen LogP contribution in [0.25, 0.3) is 0 Å². The molecule has 0 fully saturated rings. The zero-order valence-electron chi connectivity index (χ0n) is 11.9. The van der Waals surface area contributed by atoms with Crippen LogP contribution in [0.4, 0.5) is 32.0 Å². The van der Waals surface area contributed by atoms with E-state index in [0.717, 1.165) is 22.7 Å². The largest absolute Gasteiger partial charge is 0.430 e. The molecule has 132 valence electrons. The van der Waals surface area contributed by atoms with Crippen LogP contribution in [-0.2, 0) is 15.6 Å². The lowest BCUT2D eigenvalue weighted by Gasteiger charge is -2.33. The highest BCUT2D eigenvalue weighted by molar-refractivity contribution is 7.92. The van der Waals surface area contributed by atoms with Crippen molar-refractivity contribution in [2.24, 2.45) is 0 Å². The molecule has 0 aliphatic rings. The number of benzene rings is 1. The van der Waals surface area contributed by atoms with E-state index in [1.807, 2.05) is 0 Å². The number of aliphatic hydroxyl groups is 1. The quantitative estimate of drug-likeness (QED) is 0.835. The fraction of sp³-hybridized carbons (Fsp3) is 0.500. The summed E-state index contributed by atoms with van der Waals surface area (Å²) in [5.41, 5.74) is -6.61. The maximum absolute atomic E-state index is 12.7. The number of hydrogen-bond acceptors (Lipinski definition) is 3. The second-order valence-corrected chi connectivity index (χ2v) is 6.59. The highest BCUT2D eigenvalue weighted by atomic mass is 32.2. The Balaban J connectivity index is 3.42. The Morgan fingerprint density at radius 1 is 1.00 bits per heavy atom. The van der Waals surface area contributed by atoms with Crippen LogP contribution in [-0.4, -0.2) is 38.7 Å². The highest BCUT2D eigenvalue weighted by Gasteiger charge is 2.71. The molecule has 0 atom stereocenters. The summed E-state index contributed by atoms with van der Waals surface area (Å²) in [7, 11) is -3.75. The molecule has 0 aromatic heterocycles. The first-order valence-corrected chi connectivity index (χ1v) is 7.95. The third-order valence-electron chi connectivity index (χ3n) is 3.08. The molecule has 0 aliphatic heterocycles. The van der Waals surface area contributed by atoms with Crippen molar-refractivity contribution in [1.29, 1.82) is 0 Å². The van der Waals surface area contributed by atoms with E-state index in [-0.39, 0.29) is 12.2 Å². The van der Waals surface area contributed by atoms with E-state index in [2.05, 4.69) is 0 Å². The van der Waals surface area contributed by atoms with Gasteiger partial charge in [0.2, 0.25) is 10.0 Å². The van der Waals surface area contributed by atoms with Crippen molar-refractivity contribution in [3.05, 3.63) is 29.8 Å². The summed E-state index contributed by atoms with van der Waals surface area (Å²) in [5.74, 6) is 0. The molecule has 1 aromatic rings. The van der Waals surface area contributed by atoms with Crippen LogP contribution in [0, 0.1) is 0 Å². The lowest BCUT2D eigenvalue weighted by Crippen LogP contribution is -2.53. The Kier molecular flexibility index (Phi) is 4.98. The van der Waals surface area contributed by atoms with Crippen LogP contribution < -0.4 is 4.31 Å². The van der Waals surface area contributed by atoms with Crippen LogP contribution in [0.5, 0.6) is 0 Å². The molecular formula is C12H13F6NO3S. The number of halogens is 6. The summed E-state index contributed by atoms with van der Waals surface area (Å²) >= 11 is 0. The molecule has 0 aliphatic carbocycles. The van der Waals surface area contributed by atoms with Crippen LogP contribution in [0.1, 0.15) is 12.5 Å². The molecular weight excluding hydrogens is 352 g/mol. The van der Waals surface area contributed by atoms with Crippen LogP contribution in [0.2, 0.25) is 0 Å². The molecule has 23 heavy (non-hydrogen) atoms. The molecule has 0 heterocycles. The van der Waals surface area contributed by atoms with Gasteiger partial charge in [-0.2, -0.15) is 26.3 Å². The second-order valence-electron chi connectivity index (χ2n) is 4.68. The number of hydrogen-bond donors (Lipinski definition) is 1. The smallest absolute Gasteiger partial charge is 0.369 e. The predicted octanol–water partition coefficient (Wildman–Crippen LogP) is 2.78. The van der Waals surface area contributed by atoms with E-state index < -0.39 is 33.5 Å². The third-order valence-corrected chi connectivity index (χ3v) is 4.35. The minimum atomic E-state index is -5.99. The fourth-order valence-electron chi connectivity index (χ4n) is 1.97. The lowest BCUT2D eigenvalue weighted by atomic mass is 9.92. The molecule has 0 radical (unpaired) electrons. The summed E-state index contributed by atoms with van der Waals surface area (Å²) in [5, 5.41) is 9.22. The average Bonchev–Trinajstić information content (AvgIpc) is 2.35. The molecule has 1 N–H and O–H groups in total. The van der Waals surface area contributed by atoms with Crippen molar-refractivity contribution in [3.8, 4) is 0 Å². The molecule has 11 heteroatoms. The highest BCUT2D eigenvalue weighted by Crippen LogP contribution is 2.50. The lowest BCUT2D eigenvalue weighted by molar-refractivity contribution is -0.376. The minimum absolute atomic E-state index is 0.0685. The molecule has 1 rings (SSSR count). The van der Waals surface area contributed by atoms with Crippen LogP contribution >= 0.6 is 0 Å². The van der Waals surface area contributed by atoms with Gasteiger partial charge in [0.25, 0.3) is 5.60 Å². The van der Waals surface area contributed by atoms with Crippen molar-refractivity contribution >= 4 is 15.7 Å². The molecule has 0 saturated carbocycles. The van der Waals surface area contributed by atoms with E-state index in [1.165, 1.54) is 6.92 Å². The Morgan fingerprint density at radius 3 is 1.65 bits per heavy atom. The van der Waals surface area contributed by atoms with Gasteiger partial charge < -0.3 is 5.11 Å².